The minimum absolute atomic E-state index is 0.0154. The molecule has 3 heteroatoms. The molecule has 0 saturated carbocycles. The Morgan fingerprint density at radius 3 is 2.65 bits per heavy atom. The molecule has 0 spiro atoms. The maximum atomic E-state index is 11.9. The number of carbonyl (C=O) groups is 1. The summed E-state index contributed by atoms with van der Waals surface area (Å²) in [7, 11) is 1.66. The second kappa shape index (κ2) is 7.82. The number of hydrogen-bond acceptors (Lipinski definition) is 2. The Balaban J connectivity index is 2.20. The van der Waals surface area contributed by atoms with Crippen molar-refractivity contribution in [1.82, 2.24) is 5.32 Å². The summed E-state index contributed by atoms with van der Waals surface area (Å²) < 4.78 is 6.04. The Labute approximate surface area is 138 Å². The van der Waals surface area contributed by atoms with Gasteiger partial charge in [-0.15, -0.1) is 0 Å². The van der Waals surface area contributed by atoms with Crippen LogP contribution in [-0.4, -0.2) is 13.0 Å². The van der Waals surface area contributed by atoms with E-state index in [-0.39, 0.29) is 11.8 Å². The lowest BCUT2D eigenvalue weighted by molar-refractivity contribution is -0.121. The fraction of sp³-hybridized carbons (Fsp3) is 0.350. The molecular weight excluding hydrogens is 286 g/mol. The molecule has 2 rings (SSSR count). The highest BCUT2D eigenvalue weighted by Crippen LogP contribution is 2.24. The number of rotatable bonds is 6. The lowest BCUT2D eigenvalue weighted by Crippen LogP contribution is -2.24. The largest absolute Gasteiger partial charge is 0.489 e. The molecule has 0 bridgehead atoms. The van der Waals surface area contributed by atoms with E-state index in [9.17, 15) is 4.79 Å². The molecule has 3 nitrogen and oxygen atoms in total. The molecule has 0 heterocycles. The van der Waals surface area contributed by atoms with E-state index in [0.29, 0.717) is 6.61 Å². The fourth-order valence-electron chi connectivity index (χ4n) is 2.62. The normalized spacial score (nSPS) is 11.8. The summed E-state index contributed by atoms with van der Waals surface area (Å²) in [5.74, 6) is 0.733. The van der Waals surface area contributed by atoms with Crippen molar-refractivity contribution in [2.75, 3.05) is 7.05 Å². The van der Waals surface area contributed by atoms with Crippen LogP contribution in [0.25, 0.3) is 0 Å². The van der Waals surface area contributed by atoms with Crippen molar-refractivity contribution in [2.24, 2.45) is 0 Å². The Morgan fingerprint density at radius 1 is 1.22 bits per heavy atom. The first-order valence-electron chi connectivity index (χ1n) is 8.08. The minimum atomic E-state index is -0.192. The molecule has 0 saturated heterocycles. The highest BCUT2D eigenvalue weighted by Gasteiger charge is 2.17. The van der Waals surface area contributed by atoms with Crippen molar-refractivity contribution in [3.05, 3.63) is 64.7 Å². The van der Waals surface area contributed by atoms with Crippen molar-refractivity contribution in [1.29, 1.82) is 0 Å². The van der Waals surface area contributed by atoms with Crippen LogP contribution in [-0.2, 0) is 17.8 Å². The second-order valence-electron chi connectivity index (χ2n) is 5.78. The molecule has 1 atom stereocenters. The van der Waals surface area contributed by atoms with E-state index in [0.717, 1.165) is 28.9 Å². The van der Waals surface area contributed by atoms with Crippen molar-refractivity contribution in [3.8, 4) is 5.75 Å². The highest BCUT2D eigenvalue weighted by molar-refractivity contribution is 5.83. The van der Waals surface area contributed by atoms with Crippen LogP contribution in [0.2, 0.25) is 0 Å². The van der Waals surface area contributed by atoms with Crippen LogP contribution in [0.1, 0.15) is 42.0 Å². The lowest BCUT2D eigenvalue weighted by atomic mass is 9.95. The summed E-state index contributed by atoms with van der Waals surface area (Å²) in [6, 6.07) is 14.3. The Bertz CT molecular complexity index is 679. The summed E-state index contributed by atoms with van der Waals surface area (Å²) in [6.07, 6.45) is 0.987. The predicted octanol–water partition coefficient (Wildman–Crippen LogP) is 3.99. The Hall–Kier alpha value is -2.29. The van der Waals surface area contributed by atoms with Crippen LogP contribution in [0.4, 0.5) is 0 Å². The average molecular weight is 311 g/mol. The lowest BCUT2D eigenvalue weighted by Gasteiger charge is -2.17. The third-order valence-electron chi connectivity index (χ3n) is 4.21. The number of nitrogens with one attached hydrogen (secondary N) is 1. The molecule has 1 amide bonds. The van der Waals surface area contributed by atoms with E-state index >= 15 is 0 Å². The van der Waals surface area contributed by atoms with Gasteiger partial charge in [-0.25, -0.2) is 0 Å². The van der Waals surface area contributed by atoms with Crippen LogP contribution in [0.5, 0.6) is 5.75 Å². The summed E-state index contributed by atoms with van der Waals surface area (Å²) in [6.45, 7) is 6.56. The van der Waals surface area contributed by atoms with Gasteiger partial charge in [-0.2, -0.15) is 0 Å². The summed E-state index contributed by atoms with van der Waals surface area (Å²) in [5, 5.41) is 2.71. The third-order valence-corrected chi connectivity index (χ3v) is 4.21. The van der Waals surface area contributed by atoms with Gasteiger partial charge in [0.25, 0.3) is 0 Å². The molecule has 1 unspecified atom stereocenters. The quantitative estimate of drug-likeness (QED) is 0.876. The summed E-state index contributed by atoms with van der Waals surface area (Å²) in [5.41, 5.74) is 4.44. The molecule has 0 aromatic heterocycles. The average Bonchev–Trinajstić information content (AvgIpc) is 2.60. The van der Waals surface area contributed by atoms with Gasteiger partial charge >= 0.3 is 0 Å². The maximum Gasteiger partial charge on any atom is 0.227 e. The SMILES string of the molecule is CCc1ccc(C)c(OCc2ccccc2C(C)C(=O)NC)c1. The molecule has 0 aliphatic carbocycles. The summed E-state index contributed by atoms with van der Waals surface area (Å²) >= 11 is 0. The van der Waals surface area contributed by atoms with E-state index in [1.807, 2.05) is 38.1 Å². The molecule has 0 aliphatic heterocycles. The number of likely N-dealkylation sites (N-methyl/N-ethyl adjacent to an activating group) is 1. The zero-order valence-electron chi connectivity index (χ0n) is 14.3. The standard InChI is InChI=1S/C20H25NO2/c1-5-16-11-10-14(2)19(12-16)23-13-17-8-6-7-9-18(17)15(3)20(22)21-4/h6-12,15H,5,13H2,1-4H3,(H,21,22). The van der Waals surface area contributed by atoms with Gasteiger partial charge in [-0.05, 0) is 48.6 Å². The first-order chi connectivity index (χ1) is 11.1. The van der Waals surface area contributed by atoms with E-state index in [4.69, 9.17) is 4.74 Å². The zero-order chi connectivity index (χ0) is 16.8. The van der Waals surface area contributed by atoms with E-state index in [1.54, 1.807) is 7.05 Å². The van der Waals surface area contributed by atoms with Crippen molar-refractivity contribution in [3.63, 3.8) is 0 Å². The maximum absolute atomic E-state index is 11.9. The van der Waals surface area contributed by atoms with Gasteiger partial charge in [-0.1, -0.05) is 43.3 Å². The fourth-order valence-corrected chi connectivity index (χ4v) is 2.62. The first-order valence-corrected chi connectivity index (χ1v) is 8.08. The topological polar surface area (TPSA) is 38.3 Å². The van der Waals surface area contributed by atoms with E-state index in [1.165, 1.54) is 5.56 Å². The smallest absolute Gasteiger partial charge is 0.227 e. The van der Waals surface area contributed by atoms with Crippen molar-refractivity contribution in [2.45, 2.75) is 39.7 Å². The molecule has 2 aromatic carbocycles. The Morgan fingerprint density at radius 2 is 1.96 bits per heavy atom. The number of benzene rings is 2. The van der Waals surface area contributed by atoms with Crippen LogP contribution >= 0.6 is 0 Å². The van der Waals surface area contributed by atoms with E-state index < -0.39 is 0 Å². The van der Waals surface area contributed by atoms with Gasteiger partial charge in [0, 0.05) is 7.05 Å². The van der Waals surface area contributed by atoms with Gasteiger partial charge in [0.1, 0.15) is 12.4 Å². The monoisotopic (exact) mass is 311 g/mol. The zero-order valence-corrected chi connectivity index (χ0v) is 14.3. The van der Waals surface area contributed by atoms with Crippen LogP contribution in [0.3, 0.4) is 0 Å². The van der Waals surface area contributed by atoms with Gasteiger partial charge in [0.15, 0.2) is 0 Å². The number of aryl methyl sites for hydroxylation is 2. The number of carbonyl (C=O) groups excluding carboxylic acids is 1. The second-order valence-corrected chi connectivity index (χ2v) is 5.78. The summed E-state index contributed by atoms with van der Waals surface area (Å²) in [4.78, 5) is 11.9. The highest BCUT2D eigenvalue weighted by atomic mass is 16.5. The molecule has 122 valence electrons. The van der Waals surface area contributed by atoms with Gasteiger partial charge in [0.05, 0.1) is 5.92 Å². The van der Waals surface area contributed by atoms with Gasteiger partial charge in [0.2, 0.25) is 5.91 Å². The molecule has 0 radical (unpaired) electrons. The first kappa shape index (κ1) is 17.1. The Kier molecular flexibility index (Phi) is 5.80. The molecule has 23 heavy (non-hydrogen) atoms. The van der Waals surface area contributed by atoms with Crippen LogP contribution in [0.15, 0.2) is 42.5 Å². The van der Waals surface area contributed by atoms with Crippen LogP contribution < -0.4 is 10.1 Å². The van der Waals surface area contributed by atoms with Gasteiger partial charge < -0.3 is 10.1 Å². The third kappa shape index (κ3) is 4.13. The minimum Gasteiger partial charge on any atom is -0.489 e. The van der Waals surface area contributed by atoms with Crippen LogP contribution in [0, 0.1) is 6.92 Å². The molecule has 1 N–H and O–H groups in total. The molecule has 0 fully saturated rings. The number of ether oxygens (including phenoxy) is 1. The number of hydrogen-bond donors (Lipinski definition) is 1. The number of amides is 1. The molecular formula is C20H25NO2. The molecule has 2 aromatic rings. The van der Waals surface area contributed by atoms with Crippen molar-refractivity contribution < 1.29 is 9.53 Å². The predicted molar refractivity (Wildman–Crippen MR) is 93.8 cm³/mol. The van der Waals surface area contributed by atoms with Gasteiger partial charge in [-0.3, -0.25) is 4.79 Å². The van der Waals surface area contributed by atoms with E-state index in [2.05, 4.69) is 30.4 Å². The van der Waals surface area contributed by atoms with Crippen molar-refractivity contribution >= 4 is 5.91 Å². The molecule has 0 aliphatic rings.